The summed E-state index contributed by atoms with van der Waals surface area (Å²) in [7, 11) is 0. The molecule has 0 radical (unpaired) electrons. The van der Waals surface area contributed by atoms with E-state index in [1.165, 1.54) is 0 Å². The summed E-state index contributed by atoms with van der Waals surface area (Å²) in [6.45, 7) is 1.63. The van der Waals surface area contributed by atoms with Crippen LogP contribution in [0, 0.1) is 6.92 Å². The van der Waals surface area contributed by atoms with Crippen LogP contribution < -0.4 is 11.1 Å². The molecule has 0 aliphatic carbocycles. The van der Waals surface area contributed by atoms with Crippen LogP contribution in [0.5, 0.6) is 0 Å². The lowest BCUT2D eigenvalue weighted by Crippen LogP contribution is -2.46. The van der Waals surface area contributed by atoms with E-state index in [1.807, 2.05) is 48.5 Å². The number of primary amides is 1. The van der Waals surface area contributed by atoms with Crippen LogP contribution >= 0.6 is 0 Å². The van der Waals surface area contributed by atoms with E-state index in [9.17, 15) is 14.4 Å². The van der Waals surface area contributed by atoms with Crippen LogP contribution in [-0.4, -0.2) is 28.6 Å². The number of carbonyl (C=O) groups is 3. The lowest BCUT2D eigenvalue weighted by Gasteiger charge is -2.16. The van der Waals surface area contributed by atoms with E-state index in [2.05, 4.69) is 10.3 Å². The highest BCUT2D eigenvalue weighted by Gasteiger charge is 2.28. The van der Waals surface area contributed by atoms with Gasteiger partial charge in [0.25, 0.3) is 11.8 Å². The quantitative estimate of drug-likeness (QED) is 0.572. The maximum Gasteiger partial charge on any atom is 0.289 e. The van der Waals surface area contributed by atoms with Gasteiger partial charge in [-0.1, -0.05) is 60.7 Å². The Labute approximate surface area is 167 Å². The Morgan fingerprint density at radius 1 is 1.03 bits per heavy atom. The number of aromatic nitrogens is 1. The number of oxazole rings is 1. The molecule has 3 rings (SSSR count). The molecule has 0 bridgehead atoms. The first-order valence-electron chi connectivity index (χ1n) is 9.17. The molecule has 0 spiro atoms. The summed E-state index contributed by atoms with van der Waals surface area (Å²) < 4.78 is 5.48. The molecule has 2 aromatic carbocycles. The first-order valence-corrected chi connectivity index (χ1v) is 9.17. The van der Waals surface area contributed by atoms with Gasteiger partial charge in [-0.2, -0.15) is 0 Å². The van der Waals surface area contributed by atoms with Crippen LogP contribution in [0.15, 0.2) is 65.1 Å². The van der Waals surface area contributed by atoms with Crippen LogP contribution in [0.4, 0.5) is 0 Å². The number of hydrogen-bond acceptors (Lipinski definition) is 5. The van der Waals surface area contributed by atoms with Gasteiger partial charge in [0, 0.05) is 12.5 Å². The Balaban J connectivity index is 1.81. The van der Waals surface area contributed by atoms with Crippen molar-refractivity contribution in [2.45, 2.75) is 25.8 Å². The molecule has 7 nitrogen and oxygen atoms in total. The third-order valence-corrected chi connectivity index (χ3v) is 4.42. The normalized spacial score (nSPS) is 11.6. The molecule has 0 aliphatic rings. The number of amides is 2. The van der Waals surface area contributed by atoms with Gasteiger partial charge in [-0.05, 0) is 18.4 Å². The average Bonchev–Trinajstić information content (AvgIpc) is 3.13. The standard InChI is InChI=1S/C22H21N3O4/c1-14-24-18(16-10-6-3-7-11-16)20(29-14)22(28)25-17(19(26)21(23)27)13-12-15-8-4-2-5-9-15/h2-11,17H,12-13H2,1H3,(H2,23,27)(H,25,28). The molecule has 29 heavy (non-hydrogen) atoms. The van der Waals surface area contributed by atoms with Crippen LogP contribution in [0.2, 0.25) is 0 Å². The smallest absolute Gasteiger partial charge is 0.289 e. The summed E-state index contributed by atoms with van der Waals surface area (Å²) in [4.78, 5) is 40.8. The lowest BCUT2D eigenvalue weighted by atomic mass is 10.0. The number of nitrogens with zero attached hydrogens (tertiary/aromatic N) is 1. The van der Waals surface area contributed by atoms with Gasteiger partial charge in [-0.25, -0.2) is 4.98 Å². The van der Waals surface area contributed by atoms with Gasteiger partial charge in [-0.3, -0.25) is 14.4 Å². The Morgan fingerprint density at radius 2 is 1.66 bits per heavy atom. The van der Waals surface area contributed by atoms with E-state index in [-0.39, 0.29) is 12.2 Å². The zero-order valence-electron chi connectivity index (χ0n) is 15.9. The summed E-state index contributed by atoms with van der Waals surface area (Å²) in [5.74, 6) is -2.28. The van der Waals surface area contributed by atoms with E-state index >= 15 is 0 Å². The average molecular weight is 391 g/mol. The Hall–Kier alpha value is -3.74. The predicted octanol–water partition coefficient (Wildman–Crippen LogP) is 2.44. The lowest BCUT2D eigenvalue weighted by molar-refractivity contribution is -0.137. The van der Waals surface area contributed by atoms with E-state index in [0.29, 0.717) is 23.6 Å². The van der Waals surface area contributed by atoms with E-state index in [0.717, 1.165) is 5.56 Å². The monoisotopic (exact) mass is 391 g/mol. The molecule has 0 saturated carbocycles. The van der Waals surface area contributed by atoms with Gasteiger partial charge in [0.1, 0.15) is 5.69 Å². The fourth-order valence-corrected chi connectivity index (χ4v) is 2.99. The predicted molar refractivity (Wildman–Crippen MR) is 107 cm³/mol. The molecule has 1 aromatic heterocycles. The summed E-state index contributed by atoms with van der Waals surface area (Å²) in [5.41, 5.74) is 7.22. The van der Waals surface area contributed by atoms with Crippen LogP contribution in [-0.2, 0) is 16.0 Å². The van der Waals surface area contributed by atoms with Crippen LogP contribution in [0.3, 0.4) is 0 Å². The summed E-state index contributed by atoms with van der Waals surface area (Å²) in [6, 6.07) is 17.5. The molecule has 1 heterocycles. The van der Waals surface area contributed by atoms with Gasteiger partial charge in [0.05, 0.1) is 6.04 Å². The second-order valence-electron chi connectivity index (χ2n) is 6.56. The van der Waals surface area contributed by atoms with Gasteiger partial charge < -0.3 is 15.5 Å². The van der Waals surface area contributed by atoms with Crippen molar-refractivity contribution in [3.63, 3.8) is 0 Å². The molecule has 1 unspecified atom stereocenters. The van der Waals surface area contributed by atoms with Gasteiger partial charge in [0.15, 0.2) is 5.89 Å². The summed E-state index contributed by atoms with van der Waals surface area (Å²) in [6.07, 6.45) is 0.719. The Morgan fingerprint density at radius 3 is 2.28 bits per heavy atom. The highest BCUT2D eigenvalue weighted by molar-refractivity contribution is 6.38. The first-order chi connectivity index (χ1) is 14.0. The molecule has 3 N–H and O–H groups in total. The van der Waals surface area contributed by atoms with E-state index in [1.54, 1.807) is 19.1 Å². The molecule has 3 aromatic rings. The van der Waals surface area contributed by atoms with Crippen molar-refractivity contribution in [3.05, 3.63) is 77.9 Å². The van der Waals surface area contributed by atoms with E-state index in [4.69, 9.17) is 10.2 Å². The van der Waals surface area contributed by atoms with Crippen molar-refractivity contribution >= 4 is 17.6 Å². The molecule has 0 saturated heterocycles. The molecule has 0 aliphatic heterocycles. The number of ketones is 1. The number of benzene rings is 2. The molecule has 148 valence electrons. The molecule has 2 amide bonds. The zero-order chi connectivity index (χ0) is 20.8. The third kappa shape index (κ3) is 4.95. The minimum atomic E-state index is -1.10. The number of nitrogens with two attached hydrogens (primary N) is 1. The van der Waals surface area contributed by atoms with Crippen molar-refractivity contribution in [2.75, 3.05) is 0 Å². The maximum atomic E-state index is 12.9. The zero-order valence-corrected chi connectivity index (χ0v) is 15.9. The van der Waals surface area contributed by atoms with Crippen LogP contribution in [0.1, 0.15) is 28.4 Å². The maximum absolute atomic E-state index is 12.9. The Kier molecular flexibility index (Phi) is 6.19. The van der Waals surface area contributed by atoms with Crippen molar-refractivity contribution in [3.8, 4) is 11.3 Å². The van der Waals surface area contributed by atoms with E-state index < -0.39 is 23.6 Å². The number of nitrogens with one attached hydrogen (secondary N) is 1. The fourth-order valence-electron chi connectivity index (χ4n) is 2.99. The number of carbonyl (C=O) groups excluding carboxylic acids is 3. The molecular formula is C22H21N3O4. The van der Waals surface area contributed by atoms with Gasteiger partial charge in [-0.15, -0.1) is 0 Å². The van der Waals surface area contributed by atoms with Crippen LogP contribution in [0.25, 0.3) is 11.3 Å². The molecular weight excluding hydrogens is 370 g/mol. The topological polar surface area (TPSA) is 115 Å². The highest BCUT2D eigenvalue weighted by atomic mass is 16.4. The number of rotatable bonds is 8. The SMILES string of the molecule is Cc1nc(-c2ccccc2)c(C(=O)NC(CCc2ccccc2)C(=O)C(N)=O)o1. The second-order valence-corrected chi connectivity index (χ2v) is 6.56. The number of hydrogen-bond donors (Lipinski definition) is 2. The first kappa shape index (κ1) is 20.0. The molecule has 1 atom stereocenters. The molecule has 7 heteroatoms. The highest BCUT2D eigenvalue weighted by Crippen LogP contribution is 2.24. The third-order valence-electron chi connectivity index (χ3n) is 4.42. The fraction of sp³-hybridized carbons (Fsp3) is 0.182. The number of Topliss-reactive ketones (excluding diaryl/α,β-unsaturated/α-hetero) is 1. The molecule has 0 fully saturated rings. The van der Waals surface area contributed by atoms with Crippen molar-refractivity contribution in [1.82, 2.24) is 10.3 Å². The Bertz CT molecular complexity index is 1010. The minimum Gasteiger partial charge on any atom is -0.435 e. The van der Waals surface area contributed by atoms with Gasteiger partial charge in [0.2, 0.25) is 11.5 Å². The van der Waals surface area contributed by atoms with Crippen molar-refractivity contribution in [1.29, 1.82) is 0 Å². The van der Waals surface area contributed by atoms with Crippen molar-refractivity contribution in [2.24, 2.45) is 5.73 Å². The van der Waals surface area contributed by atoms with Gasteiger partial charge >= 0.3 is 0 Å². The number of aryl methyl sites for hydroxylation is 2. The largest absolute Gasteiger partial charge is 0.435 e. The second kappa shape index (κ2) is 8.97. The van der Waals surface area contributed by atoms with Crippen molar-refractivity contribution < 1.29 is 18.8 Å². The summed E-state index contributed by atoms with van der Waals surface area (Å²) >= 11 is 0. The minimum absolute atomic E-state index is 0.0179. The summed E-state index contributed by atoms with van der Waals surface area (Å²) in [5, 5.41) is 2.59.